The molecule has 27 heavy (non-hydrogen) atoms. The Balaban J connectivity index is 1.91. The number of amides is 2. The van der Waals surface area contributed by atoms with E-state index in [0.29, 0.717) is 35.8 Å². The van der Waals surface area contributed by atoms with Crippen LogP contribution in [0.3, 0.4) is 0 Å². The Morgan fingerprint density at radius 2 is 1.74 bits per heavy atom. The molecule has 2 amide bonds. The molecule has 0 aromatic heterocycles. The van der Waals surface area contributed by atoms with Crippen molar-refractivity contribution in [2.24, 2.45) is 0 Å². The highest BCUT2D eigenvalue weighted by molar-refractivity contribution is 5.99. The Morgan fingerprint density at radius 1 is 1.04 bits per heavy atom. The zero-order chi connectivity index (χ0) is 19.4. The molecule has 1 saturated heterocycles. The molecule has 7 heteroatoms. The monoisotopic (exact) mass is 370 g/mol. The van der Waals surface area contributed by atoms with E-state index in [1.165, 1.54) is 0 Å². The van der Waals surface area contributed by atoms with Crippen LogP contribution in [-0.2, 0) is 4.79 Å². The van der Waals surface area contributed by atoms with E-state index in [-0.39, 0.29) is 11.8 Å². The summed E-state index contributed by atoms with van der Waals surface area (Å²) in [4.78, 5) is 24.2. The molecule has 1 aliphatic heterocycles. The fraction of sp³-hybridized carbons (Fsp3) is 0.300. The van der Waals surface area contributed by atoms with Crippen LogP contribution in [0.4, 0.5) is 0 Å². The highest BCUT2D eigenvalue weighted by Gasteiger charge is 2.26. The molecular weight excluding hydrogens is 348 g/mol. The summed E-state index contributed by atoms with van der Waals surface area (Å²) >= 11 is 0. The fourth-order valence-electron chi connectivity index (χ4n) is 3.06. The lowest BCUT2D eigenvalue weighted by Crippen LogP contribution is -2.40. The summed E-state index contributed by atoms with van der Waals surface area (Å²) in [5.74, 6) is 1.13. The largest absolute Gasteiger partial charge is 0.493 e. The Hall–Kier alpha value is -3.22. The number of hydrogen-bond acceptors (Lipinski definition) is 5. The van der Waals surface area contributed by atoms with Gasteiger partial charge in [0.05, 0.1) is 21.3 Å². The number of carbonyl (C=O) groups is 2. The van der Waals surface area contributed by atoms with Crippen LogP contribution in [0.15, 0.2) is 36.4 Å². The van der Waals surface area contributed by atoms with E-state index >= 15 is 0 Å². The van der Waals surface area contributed by atoms with Crippen LogP contribution in [0.1, 0.15) is 16.8 Å². The standard InChI is InChI=1S/C20H22N2O5/c1-25-16-10-14(11-17(26-2)18(16)27-3)12-5-4-6-13(9-12)19(23)22-15-7-8-21-20(15)24/h4-6,9-11,15H,7-8H2,1-3H3,(H,21,24)(H,22,23). The molecule has 142 valence electrons. The summed E-state index contributed by atoms with van der Waals surface area (Å²) in [6.07, 6.45) is 0.594. The van der Waals surface area contributed by atoms with Crippen molar-refractivity contribution in [1.82, 2.24) is 10.6 Å². The van der Waals surface area contributed by atoms with E-state index in [4.69, 9.17) is 14.2 Å². The summed E-state index contributed by atoms with van der Waals surface area (Å²) in [6.45, 7) is 0.579. The van der Waals surface area contributed by atoms with Crippen LogP contribution >= 0.6 is 0 Å². The average Bonchev–Trinajstić information content (AvgIpc) is 3.11. The minimum absolute atomic E-state index is 0.149. The fourth-order valence-corrected chi connectivity index (χ4v) is 3.06. The van der Waals surface area contributed by atoms with Gasteiger partial charge in [-0.2, -0.15) is 0 Å². The molecular formula is C20H22N2O5. The lowest BCUT2D eigenvalue weighted by atomic mass is 10.0. The van der Waals surface area contributed by atoms with Gasteiger partial charge in [-0.15, -0.1) is 0 Å². The second-order valence-corrected chi connectivity index (χ2v) is 6.10. The number of ether oxygens (including phenoxy) is 3. The Bertz CT molecular complexity index is 840. The molecule has 1 atom stereocenters. The average molecular weight is 370 g/mol. The van der Waals surface area contributed by atoms with Crippen molar-refractivity contribution >= 4 is 11.8 Å². The molecule has 2 N–H and O–H groups in total. The third-order valence-corrected chi connectivity index (χ3v) is 4.48. The van der Waals surface area contributed by atoms with E-state index in [9.17, 15) is 9.59 Å². The Labute approximate surface area is 157 Å². The molecule has 2 aromatic carbocycles. The van der Waals surface area contributed by atoms with Crippen molar-refractivity contribution in [2.45, 2.75) is 12.5 Å². The second-order valence-electron chi connectivity index (χ2n) is 6.10. The van der Waals surface area contributed by atoms with Gasteiger partial charge in [-0.1, -0.05) is 12.1 Å². The molecule has 0 bridgehead atoms. The van der Waals surface area contributed by atoms with Crippen LogP contribution in [0.5, 0.6) is 17.2 Å². The summed E-state index contributed by atoms with van der Waals surface area (Å²) in [7, 11) is 4.65. The summed E-state index contributed by atoms with van der Waals surface area (Å²) in [5, 5.41) is 5.47. The number of carbonyl (C=O) groups excluding carboxylic acids is 2. The van der Waals surface area contributed by atoms with Crippen molar-refractivity contribution < 1.29 is 23.8 Å². The lowest BCUT2D eigenvalue weighted by Gasteiger charge is -2.15. The Kier molecular flexibility index (Phi) is 5.49. The predicted molar refractivity (Wildman–Crippen MR) is 100 cm³/mol. The van der Waals surface area contributed by atoms with Crippen LogP contribution < -0.4 is 24.8 Å². The molecule has 1 heterocycles. The number of hydrogen-bond donors (Lipinski definition) is 2. The summed E-state index contributed by atoms with van der Waals surface area (Å²) < 4.78 is 16.1. The van der Waals surface area contributed by atoms with Crippen molar-refractivity contribution in [3.8, 4) is 28.4 Å². The van der Waals surface area contributed by atoms with Crippen molar-refractivity contribution in [3.63, 3.8) is 0 Å². The quantitative estimate of drug-likeness (QED) is 0.812. The molecule has 0 radical (unpaired) electrons. The first-order valence-electron chi connectivity index (χ1n) is 8.56. The molecule has 0 saturated carbocycles. The van der Waals surface area contributed by atoms with E-state index in [1.54, 1.807) is 39.5 Å². The lowest BCUT2D eigenvalue weighted by molar-refractivity contribution is -0.120. The van der Waals surface area contributed by atoms with Gasteiger partial charge in [0, 0.05) is 12.1 Å². The van der Waals surface area contributed by atoms with Crippen LogP contribution in [0.2, 0.25) is 0 Å². The van der Waals surface area contributed by atoms with Gasteiger partial charge in [-0.05, 0) is 41.8 Å². The van der Waals surface area contributed by atoms with Gasteiger partial charge in [0.25, 0.3) is 5.91 Å². The molecule has 7 nitrogen and oxygen atoms in total. The van der Waals surface area contributed by atoms with Crippen molar-refractivity contribution in [3.05, 3.63) is 42.0 Å². The molecule has 1 fully saturated rings. The topological polar surface area (TPSA) is 85.9 Å². The zero-order valence-corrected chi connectivity index (χ0v) is 15.5. The molecule has 2 aromatic rings. The van der Waals surface area contributed by atoms with Gasteiger partial charge in [-0.3, -0.25) is 9.59 Å². The maximum atomic E-state index is 12.5. The van der Waals surface area contributed by atoms with E-state index in [2.05, 4.69) is 10.6 Å². The maximum absolute atomic E-state index is 12.5. The second kappa shape index (κ2) is 7.99. The Morgan fingerprint density at radius 3 is 2.30 bits per heavy atom. The molecule has 3 rings (SSSR count). The maximum Gasteiger partial charge on any atom is 0.251 e. The minimum Gasteiger partial charge on any atom is -0.493 e. The molecule has 0 spiro atoms. The summed E-state index contributed by atoms with van der Waals surface area (Å²) in [5.41, 5.74) is 2.11. The minimum atomic E-state index is -0.484. The van der Waals surface area contributed by atoms with Gasteiger partial charge in [-0.25, -0.2) is 0 Å². The molecule has 0 aliphatic carbocycles. The highest BCUT2D eigenvalue weighted by atomic mass is 16.5. The van der Waals surface area contributed by atoms with Gasteiger partial charge >= 0.3 is 0 Å². The zero-order valence-electron chi connectivity index (χ0n) is 15.5. The van der Waals surface area contributed by atoms with Gasteiger partial charge in [0.2, 0.25) is 11.7 Å². The van der Waals surface area contributed by atoms with E-state index < -0.39 is 6.04 Å². The predicted octanol–water partition coefficient (Wildman–Crippen LogP) is 2.00. The third-order valence-electron chi connectivity index (χ3n) is 4.48. The third kappa shape index (κ3) is 3.81. The van der Waals surface area contributed by atoms with Crippen molar-refractivity contribution in [2.75, 3.05) is 27.9 Å². The number of nitrogens with one attached hydrogen (secondary N) is 2. The van der Waals surface area contributed by atoms with Crippen LogP contribution in [0.25, 0.3) is 11.1 Å². The molecule has 1 unspecified atom stereocenters. The van der Waals surface area contributed by atoms with E-state index in [0.717, 1.165) is 11.1 Å². The van der Waals surface area contributed by atoms with Crippen molar-refractivity contribution in [1.29, 1.82) is 0 Å². The highest BCUT2D eigenvalue weighted by Crippen LogP contribution is 2.41. The summed E-state index contributed by atoms with van der Waals surface area (Å²) in [6, 6.07) is 10.3. The van der Waals surface area contributed by atoms with Crippen LogP contribution in [-0.4, -0.2) is 45.7 Å². The SMILES string of the molecule is COc1cc(-c2cccc(C(=O)NC3CCNC3=O)c2)cc(OC)c1OC. The molecule has 1 aliphatic rings. The normalized spacial score (nSPS) is 15.8. The van der Waals surface area contributed by atoms with Gasteiger partial charge < -0.3 is 24.8 Å². The smallest absolute Gasteiger partial charge is 0.251 e. The van der Waals surface area contributed by atoms with Crippen LogP contribution in [0, 0.1) is 0 Å². The number of benzene rings is 2. The number of rotatable bonds is 6. The van der Waals surface area contributed by atoms with Gasteiger partial charge in [0.15, 0.2) is 11.5 Å². The van der Waals surface area contributed by atoms with Gasteiger partial charge in [0.1, 0.15) is 6.04 Å². The van der Waals surface area contributed by atoms with E-state index in [1.807, 2.05) is 18.2 Å². The number of methoxy groups -OCH3 is 3. The first-order valence-corrected chi connectivity index (χ1v) is 8.56. The first kappa shape index (κ1) is 18.6. The first-order chi connectivity index (χ1) is 13.1.